The molecule has 0 aliphatic carbocycles. The number of piperidine rings is 1. The number of aromatic nitrogens is 2. The van der Waals surface area contributed by atoms with Crippen molar-refractivity contribution in [2.24, 2.45) is 5.92 Å². The second-order valence-corrected chi connectivity index (χ2v) is 6.64. The number of halogens is 1. The van der Waals surface area contributed by atoms with Crippen molar-refractivity contribution in [3.8, 4) is 11.5 Å². The highest BCUT2D eigenvalue weighted by Crippen LogP contribution is 2.28. The lowest BCUT2D eigenvalue weighted by Crippen LogP contribution is -2.40. The van der Waals surface area contributed by atoms with Crippen LogP contribution in [0, 0.1) is 5.92 Å². The number of likely N-dealkylation sites (tertiary alicyclic amines) is 1. The lowest BCUT2D eigenvalue weighted by Gasteiger charge is -2.33. The monoisotopic (exact) mass is 349 g/mol. The van der Waals surface area contributed by atoms with Gasteiger partial charge < -0.3 is 13.9 Å². The van der Waals surface area contributed by atoms with E-state index in [-0.39, 0.29) is 6.29 Å². The molecule has 1 aromatic carbocycles. The van der Waals surface area contributed by atoms with E-state index in [0.29, 0.717) is 42.5 Å². The fourth-order valence-electron chi connectivity index (χ4n) is 3.36. The van der Waals surface area contributed by atoms with Crippen LogP contribution in [0.3, 0.4) is 0 Å². The highest BCUT2D eigenvalue weighted by atomic mass is 35.5. The van der Waals surface area contributed by atoms with Gasteiger partial charge in [-0.05, 0) is 31.5 Å². The zero-order valence-corrected chi connectivity index (χ0v) is 14.1. The van der Waals surface area contributed by atoms with Crippen LogP contribution in [-0.4, -0.2) is 47.7 Å². The number of nitrogens with zero attached hydrogens (tertiary/aromatic N) is 3. The van der Waals surface area contributed by atoms with E-state index in [9.17, 15) is 0 Å². The lowest BCUT2D eigenvalue weighted by molar-refractivity contribution is -0.101. The van der Waals surface area contributed by atoms with Crippen molar-refractivity contribution in [3.63, 3.8) is 0 Å². The van der Waals surface area contributed by atoms with Gasteiger partial charge in [0.15, 0.2) is 6.29 Å². The molecule has 4 rings (SSSR count). The standard InChI is InChI=1S/C17H20ClN3O3/c18-14-6-2-1-5-13(14)16-20-19-15(24-16)11-21-7-3-4-12(10-21)17-22-8-9-23-17/h1-2,5-6,12,17H,3-4,7-11H2. The minimum absolute atomic E-state index is 0.0610. The third-order valence-electron chi connectivity index (χ3n) is 4.50. The summed E-state index contributed by atoms with van der Waals surface area (Å²) in [5.74, 6) is 1.48. The molecule has 24 heavy (non-hydrogen) atoms. The Balaban J connectivity index is 1.41. The molecule has 6 nitrogen and oxygen atoms in total. The first-order valence-electron chi connectivity index (χ1n) is 8.32. The summed E-state index contributed by atoms with van der Waals surface area (Å²) in [6.45, 7) is 3.99. The summed E-state index contributed by atoms with van der Waals surface area (Å²) in [4.78, 5) is 2.32. The van der Waals surface area contributed by atoms with Crippen molar-refractivity contribution in [1.29, 1.82) is 0 Å². The van der Waals surface area contributed by atoms with Crippen molar-refractivity contribution in [1.82, 2.24) is 15.1 Å². The summed E-state index contributed by atoms with van der Waals surface area (Å²) < 4.78 is 17.1. The molecule has 1 aromatic heterocycles. The van der Waals surface area contributed by atoms with Crippen molar-refractivity contribution in [2.75, 3.05) is 26.3 Å². The van der Waals surface area contributed by atoms with Crippen molar-refractivity contribution in [3.05, 3.63) is 35.2 Å². The fraction of sp³-hybridized carbons (Fsp3) is 0.529. The largest absolute Gasteiger partial charge is 0.419 e. The Morgan fingerprint density at radius 2 is 2.00 bits per heavy atom. The average Bonchev–Trinajstić information content (AvgIpc) is 3.27. The van der Waals surface area contributed by atoms with E-state index >= 15 is 0 Å². The minimum atomic E-state index is -0.0610. The van der Waals surface area contributed by atoms with E-state index in [2.05, 4.69) is 15.1 Å². The van der Waals surface area contributed by atoms with Crippen molar-refractivity contribution in [2.45, 2.75) is 25.7 Å². The Bertz CT molecular complexity index is 687. The third-order valence-corrected chi connectivity index (χ3v) is 4.83. The van der Waals surface area contributed by atoms with Crippen LogP contribution in [0.1, 0.15) is 18.7 Å². The molecule has 1 unspecified atom stereocenters. The molecule has 2 aliphatic heterocycles. The van der Waals surface area contributed by atoms with Gasteiger partial charge in [0.05, 0.1) is 30.3 Å². The number of benzene rings is 1. The summed E-state index contributed by atoms with van der Waals surface area (Å²) in [7, 11) is 0. The van der Waals surface area contributed by atoms with Crippen LogP contribution in [0.25, 0.3) is 11.5 Å². The van der Waals surface area contributed by atoms with Crippen LogP contribution in [0.4, 0.5) is 0 Å². The normalized spacial score (nSPS) is 23.0. The topological polar surface area (TPSA) is 60.6 Å². The van der Waals surface area contributed by atoms with Gasteiger partial charge in [0, 0.05) is 12.5 Å². The number of hydrogen-bond donors (Lipinski definition) is 0. The van der Waals surface area contributed by atoms with Crippen LogP contribution in [0.2, 0.25) is 5.02 Å². The molecule has 1 atom stereocenters. The lowest BCUT2D eigenvalue weighted by atomic mass is 9.97. The predicted molar refractivity (Wildman–Crippen MR) is 88.4 cm³/mol. The van der Waals surface area contributed by atoms with E-state index in [1.54, 1.807) is 0 Å². The second kappa shape index (κ2) is 7.19. The summed E-state index contributed by atoms with van der Waals surface area (Å²) in [5, 5.41) is 8.92. The van der Waals surface area contributed by atoms with E-state index in [4.69, 9.17) is 25.5 Å². The van der Waals surface area contributed by atoms with Crippen LogP contribution < -0.4 is 0 Å². The first-order valence-corrected chi connectivity index (χ1v) is 8.70. The van der Waals surface area contributed by atoms with Gasteiger partial charge in [0.25, 0.3) is 0 Å². The molecule has 3 heterocycles. The molecular formula is C17H20ClN3O3. The zero-order chi connectivity index (χ0) is 16.4. The molecule has 2 fully saturated rings. The third kappa shape index (κ3) is 3.47. The maximum absolute atomic E-state index is 6.19. The van der Waals surface area contributed by atoms with Gasteiger partial charge >= 0.3 is 0 Å². The molecule has 2 aliphatic rings. The maximum atomic E-state index is 6.19. The van der Waals surface area contributed by atoms with Gasteiger partial charge in [-0.1, -0.05) is 23.7 Å². The molecule has 0 saturated carbocycles. The van der Waals surface area contributed by atoms with Gasteiger partial charge in [-0.2, -0.15) is 0 Å². The van der Waals surface area contributed by atoms with Crippen LogP contribution in [-0.2, 0) is 16.0 Å². The highest BCUT2D eigenvalue weighted by molar-refractivity contribution is 6.33. The predicted octanol–water partition coefficient (Wildman–Crippen LogP) is 2.97. The van der Waals surface area contributed by atoms with Gasteiger partial charge in [-0.25, -0.2) is 0 Å². The Morgan fingerprint density at radius 3 is 2.83 bits per heavy atom. The van der Waals surface area contributed by atoms with Gasteiger partial charge in [0.2, 0.25) is 11.8 Å². The van der Waals surface area contributed by atoms with Crippen LogP contribution in [0.5, 0.6) is 0 Å². The number of ether oxygens (including phenoxy) is 2. The summed E-state index contributed by atoms with van der Waals surface area (Å²) in [6, 6.07) is 7.48. The fourth-order valence-corrected chi connectivity index (χ4v) is 3.57. The summed E-state index contributed by atoms with van der Waals surface area (Å²) in [6.07, 6.45) is 2.20. The highest BCUT2D eigenvalue weighted by Gasteiger charge is 2.31. The average molecular weight is 350 g/mol. The first-order chi connectivity index (χ1) is 11.8. The van der Waals surface area contributed by atoms with Gasteiger partial charge in [-0.3, -0.25) is 4.90 Å². The quantitative estimate of drug-likeness (QED) is 0.845. The SMILES string of the molecule is Clc1ccccc1-c1nnc(CN2CCCC(C3OCCO3)C2)o1. The van der Waals surface area contributed by atoms with Crippen LogP contribution in [0.15, 0.2) is 28.7 Å². The van der Waals surface area contributed by atoms with E-state index in [0.717, 1.165) is 31.5 Å². The van der Waals surface area contributed by atoms with E-state index < -0.39 is 0 Å². The Hall–Kier alpha value is -1.47. The summed E-state index contributed by atoms with van der Waals surface area (Å²) in [5.41, 5.74) is 0.766. The molecule has 0 radical (unpaired) electrons. The van der Waals surface area contributed by atoms with Crippen LogP contribution >= 0.6 is 11.6 Å². The first kappa shape index (κ1) is 16.0. The molecule has 2 aromatic rings. The Labute approximate surface area is 145 Å². The second-order valence-electron chi connectivity index (χ2n) is 6.23. The Kier molecular flexibility index (Phi) is 4.80. The van der Waals surface area contributed by atoms with E-state index in [1.807, 2.05) is 24.3 Å². The number of hydrogen-bond acceptors (Lipinski definition) is 6. The van der Waals surface area contributed by atoms with Gasteiger partial charge in [0.1, 0.15) is 0 Å². The molecular weight excluding hydrogens is 330 g/mol. The molecule has 7 heteroatoms. The van der Waals surface area contributed by atoms with Crippen molar-refractivity contribution < 1.29 is 13.9 Å². The molecule has 128 valence electrons. The minimum Gasteiger partial charge on any atom is -0.419 e. The molecule has 2 saturated heterocycles. The molecule has 0 amide bonds. The maximum Gasteiger partial charge on any atom is 0.249 e. The number of rotatable bonds is 4. The summed E-state index contributed by atoms with van der Waals surface area (Å²) >= 11 is 6.19. The molecule has 0 N–H and O–H groups in total. The van der Waals surface area contributed by atoms with Gasteiger partial charge in [-0.15, -0.1) is 10.2 Å². The molecule has 0 bridgehead atoms. The van der Waals surface area contributed by atoms with E-state index in [1.165, 1.54) is 0 Å². The smallest absolute Gasteiger partial charge is 0.249 e. The zero-order valence-electron chi connectivity index (χ0n) is 13.4. The molecule has 0 spiro atoms. The van der Waals surface area contributed by atoms with Crippen molar-refractivity contribution >= 4 is 11.6 Å². The Morgan fingerprint density at radius 1 is 1.17 bits per heavy atom.